The van der Waals surface area contributed by atoms with Crippen LogP contribution in [0, 0.1) is 0 Å². The SMILES string of the molecule is OCc1ccncc1N(Cc1ccsc1)C1CC1. The number of thiophene rings is 1. The molecule has 18 heavy (non-hydrogen) atoms. The van der Waals surface area contributed by atoms with E-state index in [1.807, 2.05) is 12.3 Å². The zero-order chi connectivity index (χ0) is 12.4. The number of anilines is 1. The first-order valence-electron chi connectivity index (χ1n) is 6.20. The fraction of sp³-hybridized carbons (Fsp3) is 0.357. The Kier molecular flexibility index (Phi) is 3.30. The van der Waals surface area contributed by atoms with Crippen LogP contribution in [-0.4, -0.2) is 16.1 Å². The topological polar surface area (TPSA) is 36.4 Å². The molecular formula is C14H16N2OS. The summed E-state index contributed by atoms with van der Waals surface area (Å²) in [5, 5.41) is 13.7. The van der Waals surface area contributed by atoms with Crippen molar-refractivity contribution in [3.63, 3.8) is 0 Å². The molecule has 3 nitrogen and oxygen atoms in total. The number of aromatic nitrogens is 1. The molecule has 1 N–H and O–H groups in total. The van der Waals surface area contributed by atoms with E-state index in [2.05, 4.69) is 26.7 Å². The standard InChI is InChI=1S/C14H16N2OS/c17-9-12-3-5-15-7-14(12)16(13-1-2-13)8-11-4-6-18-10-11/h3-7,10,13,17H,1-2,8-9H2. The number of pyridine rings is 1. The largest absolute Gasteiger partial charge is 0.392 e. The molecule has 1 aliphatic carbocycles. The average Bonchev–Trinajstić information content (AvgIpc) is 3.13. The van der Waals surface area contributed by atoms with Crippen LogP contribution >= 0.6 is 11.3 Å². The second-order valence-electron chi connectivity index (χ2n) is 4.65. The summed E-state index contributed by atoms with van der Waals surface area (Å²) >= 11 is 1.73. The van der Waals surface area contributed by atoms with E-state index >= 15 is 0 Å². The number of aliphatic hydroxyl groups is 1. The lowest BCUT2D eigenvalue weighted by atomic mass is 10.2. The smallest absolute Gasteiger partial charge is 0.0703 e. The Hall–Kier alpha value is -1.39. The van der Waals surface area contributed by atoms with Gasteiger partial charge in [-0.05, 0) is 41.3 Å². The zero-order valence-electron chi connectivity index (χ0n) is 10.1. The highest BCUT2D eigenvalue weighted by atomic mass is 32.1. The Morgan fingerprint density at radius 2 is 2.28 bits per heavy atom. The summed E-state index contributed by atoms with van der Waals surface area (Å²) in [7, 11) is 0. The van der Waals surface area contributed by atoms with Gasteiger partial charge in [-0.3, -0.25) is 4.98 Å². The molecule has 2 heterocycles. The summed E-state index contributed by atoms with van der Waals surface area (Å²) in [6.45, 7) is 0.984. The summed E-state index contributed by atoms with van der Waals surface area (Å²) in [4.78, 5) is 6.58. The van der Waals surface area contributed by atoms with Crippen molar-refractivity contribution in [3.05, 3.63) is 46.4 Å². The molecule has 0 radical (unpaired) electrons. The maximum Gasteiger partial charge on any atom is 0.0703 e. The van der Waals surface area contributed by atoms with E-state index in [0.717, 1.165) is 17.8 Å². The predicted molar refractivity (Wildman–Crippen MR) is 73.7 cm³/mol. The highest BCUT2D eigenvalue weighted by molar-refractivity contribution is 7.07. The molecular weight excluding hydrogens is 244 g/mol. The molecule has 0 bridgehead atoms. The fourth-order valence-corrected chi connectivity index (χ4v) is 2.84. The van der Waals surface area contributed by atoms with Gasteiger partial charge in [0.25, 0.3) is 0 Å². The third-order valence-electron chi connectivity index (χ3n) is 3.29. The highest BCUT2D eigenvalue weighted by Gasteiger charge is 2.30. The quantitative estimate of drug-likeness (QED) is 0.898. The minimum atomic E-state index is 0.0741. The summed E-state index contributed by atoms with van der Waals surface area (Å²) in [6.07, 6.45) is 6.09. The van der Waals surface area contributed by atoms with E-state index in [-0.39, 0.29) is 6.61 Å². The molecule has 0 saturated heterocycles. The molecule has 4 heteroatoms. The number of hydrogen-bond acceptors (Lipinski definition) is 4. The van der Waals surface area contributed by atoms with Crippen molar-refractivity contribution in [2.24, 2.45) is 0 Å². The second-order valence-corrected chi connectivity index (χ2v) is 5.43. The molecule has 1 aliphatic rings. The first-order chi connectivity index (χ1) is 8.88. The molecule has 0 aliphatic heterocycles. The van der Waals surface area contributed by atoms with Crippen molar-refractivity contribution in [3.8, 4) is 0 Å². The van der Waals surface area contributed by atoms with E-state index in [9.17, 15) is 5.11 Å². The van der Waals surface area contributed by atoms with Gasteiger partial charge in [0.1, 0.15) is 0 Å². The molecule has 2 aromatic rings. The van der Waals surface area contributed by atoms with Gasteiger partial charge < -0.3 is 10.0 Å². The molecule has 0 amide bonds. The zero-order valence-corrected chi connectivity index (χ0v) is 10.9. The van der Waals surface area contributed by atoms with Gasteiger partial charge in [0.05, 0.1) is 18.5 Å². The number of aliphatic hydroxyl groups excluding tert-OH is 1. The second kappa shape index (κ2) is 5.08. The lowest BCUT2D eigenvalue weighted by molar-refractivity contribution is 0.282. The van der Waals surface area contributed by atoms with E-state index in [1.54, 1.807) is 17.5 Å². The van der Waals surface area contributed by atoms with Crippen LogP contribution in [0.3, 0.4) is 0 Å². The van der Waals surface area contributed by atoms with Crippen molar-refractivity contribution in [1.82, 2.24) is 4.98 Å². The maximum absolute atomic E-state index is 9.44. The van der Waals surface area contributed by atoms with Gasteiger partial charge in [-0.2, -0.15) is 11.3 Å². The van der Waals surface area contributed by atoms with Crippen molar-refractivity contribution in [2.75, 3.05) is 4.90 Å². The number of rotatable bonds is 5. The lowest BCUT2D eigenvalue weighted by Gasteiger charge is -2.26. The van der Waals surface area contributed by atoms with Crippen LogP contribution in [0.4, 0.5) is 5.69 Å². The predicted octanol–water partition coefficient (Wildman–Crippen LogP) is 2.80. The molecule has 0 spiro atoms. The molecule has 1 saturated carbocycles. The first kappa shape index (κ1) is 11.7. The molecule has 0 unspecified atom stereocenters. The van der Waals surface area contributed by atoms with Gasteiger partial charge >= 0.3 is 0 Å². The number of nitrogens with zero attached hydrogens (tertiary/aromatic N) is 2. The van der Waals surface area contributed by atoms with Crippen molar-refractivity contribution < 1.29 is 5.11 Å². The third kappa shape index (κ3) is 2.40. The summed E-state index contributed by atoms with van der Waals surface area (Å²) in [6, 6.07) is 4.67. The van der Waals surface area contributed by atoms with Crippen LogP contribution in [0.25, 0.3) is 0 Å². The highest BCUT2D eigenvalue weighted by Crippen LogP contribution is 2.34. The minimum Gasteiger partial charge on any atom is -0.392 e. The Morgan fingerprint density at radius 1 is 1.39 bits per heavy atom. The van der Waals surface area contributed by atoms with Crippen molar-refractivity contribution >= 4 is 17.0 Å². The molecule has 0 atom stereocenters. The van der Waals surface area contributed by atoms with Crippen LogP contribution in [-0.2, 0) is 13.2 Å². The maximum atomic E-state index is 9.44. The molecule has 0 aromatic carbocycles. The van der Waals surface area contributed by atoms with Crippen LogP contribution in [0.2, 0.25) is 0 Å². The Morgan fingerprint density at radius 3 is 2.94 bits per heavy atom. The van der Waals surface area contributed by atoms with Gasteiger partial charge in [-0.1, -0.05) is 0 Å². The van der Waals surface area contributed by atoms with Gasteiger partial charge in [-0.25, -0.2) is 0 Å². The van der Waals surface area contributed by atoms with Crippen LogP contribution < -0.4 is 4.90 Å². The first-order valence-corrected chi connectivity index (χ1v) is 7.14. The van der Waals surface area contributed by atoms with Crippen LogP contribution in [0.5, 0.6) is 0 Å². The van der Waals surface area contributed by atoms with E-state index in [0.29, 0.717) is 6.04 Å². The minimum absolute atomic E-state index is 0.0741. The van der Waals surface area contributed by atoms with Crippen molar-refractivity contribution in [2.45, 2.75) is 32.0 Å². The molecule has 3 rings (SSSR count). The van der Waals surface area contributed by atoms with E-state index < -0.39 is 0 Å². The Balaban J connectivity index is 1.89. The van der Waals surface area contributed by atoms with E-state index in [1.165, 1.54) is 18.4 Å². The average molecular weight is 260 g/mol. The summed E-state index contributed by atoms with van der Waals surface area (Å²) in [5.41, 5.74) is 3.38. The Bertz CT molecular complexity index is 508. The molecule has 2 aromatic heterocycles. The van der Waals surface area contributed by atoms with Crippen LogP contribution in [0.1, 0.15) is 24.0 Å². The fourth-order valence-electron chi connectivity index (χ4n) is 2.18. The van der Waals surface area contributed by atoms with Crippen LogP contribution in [0.15, 0.2) is 35.3 Å². The summed E-state index contributed by atoms with van der Waals surface area (Å²) in [5.74, 6) is 0. The van der Waals surface area contributed by atoms with Gasteiger partial charge in [0.2, 0.25) is 0 Å². The molecule has 94 valence electrons. The van der Waals surface area contributed by atoms with Gasteiger partial charge in [0.15, 0.2) is 0 Å². The molecule has 1 fully saturated rings. The lowest BCUT2D eigenvalue weighted by Crippen LogP contribution is -2.26. The third-order valence-corrected chi connectivity index (χ3v) is 4.02. The normalized spacial score (nSPS) is 14.7. The van der Waals surface area contributed by atoms with Crippen molar-refractivity contribution in [1.29, 1.82) is 0 Å². The summed E-state index contributed by atoms with van der Waals surface area (Å²) < 4.78 is 0. The monoisotopic (exact) mass is 260 g/mol. The number of hydrogen-bond donors (Lipinski definition) is 1. The van der Waals surface area contributed by atoms with Gasteiger partial charge in [-0.15, -0.1) is 0 Å². The Labute approximate surface area is 111 Å². The van der Waals surface area contributed by atoms with Gasteiger partial charge in [0, 0.05) is 24.3 Å². The van der Waals surface area contributed by atoms with E-state index in [4.69, 9.17) is 0 Å².